The van der Waals surface area contributed by atoms with Crippen LogP contribution in [0.3, 0.4) is 0 Å². The molecule has 7 nitrogen and oxygen atoms in total. The third-order valence-corrected chi connectivity index (χ3v) is 3.36. The number of halogens is 3. The van der Waals surface area contributed by atoms with Crippen molar-refractivity contribution in [2.45, 2.75) is 45.6 Å². The van der Waals surface area contributed by atoms with Crippen LogP contribution in [0.5, 0.6) is 0 Å². The summed E-state index contributed by atoms with van der Waals surface area (Å²) in [5.74, 6) is -1.21. The highest BCUT2D eigenvalue weighted by atomic mass is 19.4. The van der Waals surface area contributed by atoms with Crippen LogP contribution in [0, 0.1) is 0 Å². The quantitative estimate of drug-likeness (QED) is 0.786. The van der Waals surface area contributed by atoms with Gasteiger partial charge in [-0.1, -0.05) is 0 Å². The number of aromatic nitrogens is 4. The SMILES string of the molecule is CC(C)(C)OC(=O)N1Cc2cn(-c3ccnc(C(F)(F)F)n3)nc2C1. The Morgan fingerprint density at radius 1 is 1.24 bits per heavy atom. The van der Waals surface area contributed by atoms with Crippen molar-refractivity contribution < 1.29 is 22.7 Å². The van der Waals surface area contributed by atoms with Gasteiger partial charge in [0.15, 0.2) is 5.82 Å². The van der Waals surface area contributed by atoms with Gasteiger partial charge < -0.3 is 4.74 Å². The van der Waals surface area contributed by atoms with Crippen LogP contribution in [0.2, 0.25) is 0 Å². The van der Waals surface area contributed by atoms with Crippen LogP contribution in [-0.4, -0.2) is 36.3 Å². The highest BCUT2D eigenvalue weighted by Crippen LogP contribution is 2.27. The van der Waals surface area contributed by atoms with Crippen molar-refractivity contribution in [1.82, 2.24) is 24.6 Å². The Morgan fingerprint density at radius 3 is 2.56 bits per heavy atom. The number of alkyl halides is 3. The molecule has 0 radical (unpaired) electrons. The van der Waals surface area contributed by atoms with Crippen LogP contribution in [0.1, 0.15) is 37.9 Å². The Bertz CT molecular complexity index is 787. The van der Waals surface area contributed by atoms with Crippen molar-refractivity contribution in [3.63, 3.8) is 0 Å². The largest absolute Gasteiger partial charge is 0.451 e. The second kappa shape index (κ2) is 5.71. The fraction of sp³-hybridized carbons (Fsp3) is 0.467. The minimum absolute atomic E-state index is 0.0144. The molecule has 0 unspecified atom stereocenters. The number of amides is 1. The number of hydrogen-bond acceptors (Lipinski definition) is 5. The first-order valence-electron chi connectivity index (χ1n) is 7.49. The number of fused-ring (bicyclic) bond motifs is 1. The fourth-order valence-electron chi connectivity index (χ4n) is 2.34. The van der Waals surface area contributed by atoms with Gasteiger partial charge in [-0.05, 0) is 20.8 Å². The summed E-state index contributed by atoms with van der Waals surface area (Å²) in [6, 6.07) is 1.34. The second-order valence-corrected chi connectivity index (χ2v) is 6.62. The van der Waals surface area contributed by atoms with Gasteiger partial charge in [-0.2, -0.15) is 18.3 Å². The molecule has 0 saturated heterocycles. The van der Waals surface area contributed by atoms with E-state index in [0.717, 1.165) is 11.8 Å². The molecular weight excluding hydrogens is 339 g/mol. The molecule has 3 rings (SSSR count). The molecule has 2 aromatic rings. The predicted octanol–water partition coefficient (Wildman–Crippen LogP) is 2.93. The molecule has 0 saturated carbocycles. The number of carbonyl (C=O) groups is 1. The standard InChI is InChI=1S/C15H16F3N5O2/c1-14(2,3)25-13(24)22-6-9-7-23(21-10(9)8-22)11-4-5-19-12(20-11)15(16,17)18/h4-5,7H,6,8H2,1-3H3. The van der Waals surface area contributed by atoms with Crippen LogP contribution < -0.4 is 0 Å². The molecule has 2 aromatic heterocycles. The molecule has 0 bridgehead atoms. The zero-order valence-corrected chi connectivity index (χ0v) is 13.8. The maximum absolute atomic E-state index is 12.7. The molecule has 0 aromatic carbocycles. The molecule has 134 valence electrons. The Labute approximate surface area is 141 Å². The van der Waals surface area contributed by atoms with E-state index in [9.17, 15) is 18.0 Å². The highest BCUT2D eigenvalue weighted by molar-refractivity contribution is 5.69. The first-order chi connectivity index (χ1) is 11.5. The van der Waals surface area contributed by atoms with E-state index in [-0.39, 0.29) is 18.9 Å². The van der Waals surface area contributed by atoms with Crippen LogP contribution in [0.4, 0.5) is 18.0 Å². The van der Waals surface area contributed by atoms with Crippen LogP contribution in [0.25, 0.3) is 5.82 Å². The third kappa shape index (κ3) is 3.72. The molecule has 10 heteroatoms. The van der Waals surface area contributed by atoms with Crippen LogP contribution in [0.15, 0.2) is 18.5 Å². The van der Waals surface area contributed by atoms with Crippen molar-refractivity contribution in [3.05, 3.63) is 35.5 Å². The minimum atomic E-state index is -4.63. The summed E-state index contributed by atoms with van der Waals surface area (Å²) in [5.41, 5.74) is 0.724. The van der Waals surface area contributed by atoms with Crippen LogP contribution >= 0.6 is 0 Å². The van der Waals surface area contributed by atoms with Crippen molar-refractivity contribution in [3.8, 4) is 5.82 Å². The number of hydrogen-bond donors (Lipinski definition) is 0. The lowest BCUT2D eigenvalue weighted by Crippen LogP contribution is -2.33. The molecule has 0 fully saturated rings. The minimum Gasteiger partial charge on any atom is -0.444 e. The van der Waals surface area contributed by atoms with Gasteiger partial charge in [-0.15, -0.1) is 0 Å². The van der Waals surface area contributed by atoms with Gasteiger partial charge in [0.25, 0.3) is 0 Å². The maximum Gasteiger partial charge on any atom is 0.451 e. The number of rotatable bonds is 1. The van der Waals surface area contributed by atoms with E-state index in [1.165, 1.54) is 15.6 Å². The molecular formula is C15H16F3N5O2. The van der Waals surface area contributed by atoms with Gasteiger partial charge in [0.2, 0.25) is 5.82 Å². The van der Waals surface area contributed by atoms with Gasteiger partial charge in [-0.3, -0.25) is 4.90 Å². The smallest absolute Gasteiger partial charge is 0.444 e. The Hall–Kier alpha value is -2.65. The molecule has 1 amide bonds. The number of nitrogens with zero attached hydrogens (tertiary/aromatic N) is 5. The normalized spacial score (nSPS) is 14.6. The summed E-state index contributed by atoms with van der Waals surface area (Å²) in [6.45, 7) is 5.82. The predicted molar refractivity (Wildman–Crippen MR) is 79.6 cm³/mol. The van der Waals surface area contributed by atoms with E-state index in [1.54, 1.807) is 27.0 Å². The molecule has 1 aliphatic heterocycles. The monoisotopic (exact) mass is 355 g/mol. The lowest BCUT2D eigenvalue weighted by atomic mass is 10.2. The van der Waals surface area contributed by atoms with E-state index in [0.29, 0.717) is 5.69 Å². The zero-order chi connectivity index (χ0) is 18.4. The Morgan fingerprint density at radius 2 is 1.96 bits per heavy atom. The van der Waals surface area contributed by atoms with E-state index in [1.807, 2.05) is 0 Å². The van der Waals surface area contributed by atoms with Crippen molar-refractivity contribution in [1.29, 1.82) is 0 Å². The summed E-state index contributed by atoms with van der Waals surface area (Å²) in [7, 11) is 0. The van der Waals surface area contributed by atoms with Gasteiger partial charge in [0.1, 0.15) is 5.60 Å². The summed E-state index contributed by atoms with van der Waals surface area (Å²) >= 11 is 0. The lowest BCUT2D eigenvalue weighted by molar-refractivity contribution is -0.145. The van der Waals surface area contributed by atoms with Gasteiger partial charge >= 0.3 is 12.3 Å². The second-order valence-electron chi connectivity index (χ2n) is 6.62. The van der Waals surface area contributed by atoms with E-state index < -0.39 is 23.7 Å². The first-order valence-corrected chi connectivity index (χ1v) is 7.49. The molecule has 0 spiro atoms. The topological polar surface area (TPSA) is 73.1 Å². The average molecular weight is 355 g/mol. The van der Waals surface area contributed by atoms with Crippen molar-refractivity contribution in [2.75, 3.05) is 0 Å². The summed E-state index contributed by atoms with van der Waals surface area (Å²) in [5, 5.41) is 4.22. The van der Waals surface area contributed by atoms with Gasteiger partial charge in [0.05, 0.1) is 18.8 Å². The Kier molecular flexibility index (Phi) is 3.92. The summed E-state index contributed by atoms with van der Waals surface area (Å²) < 4.78 is 44.7. The van der Waals surface area contributed by atoms with Crippen molar-refractivity contribution in [2.24, 2.45) is 0 Å². The van der Waals surface area contributed by atoms with E-state index in [2.05, 4.69) is 15.1 Å². The van der Waals surface area contributed by atoms with Gasteiger partial charge in [-0.25, -0.2) is 19.4 Å². The fourth-order valence-corrected chi connectivity index (χ4v) is 2.34. The maximum atomic E-state index is 12.7. The number of ether oxygens (including phenoxy) is 1. The molecule has 0 aliphatic carbocycles. The Balaban J connectivity index is 1.77. The van der Waals surface area contributed by atoms with E-state index >= 15 is 0 Å². The van der Waals surface area contributed by atoms with Crippen molar-refractivity contribution >= 4 is 6.09 Å². The first kappa shape index (κ1) is 17.2. The van der Waals surface area contributed by atoms with Crippen LogP contribution in [-0.2, 0) is 24.0 Å². The summed E-state index contributed by atoms with van der Waals surface area (Å²) in [6.07, 6.45) is -2.49. The molecule has 0 atom stereocenters. The third-order valence-electron chi connectivity index (χ3n) is 3.36. The summed E-state index contributed by atoms with van der Waals surface area (Å²) in [4.78, 5) is 20.3. The highest BCUT2D eigenvalue weighted by Gasteiger charge is 2.35. The molecule has 3 heterocycles. The zero-order valence-electron chi connectivity index (χ0n) is 13.8. The van der Waals surface area contributed by atoms with Gasteiger partial charge in [0, 0.05) is 24.0 Å². The van der Waals surface area contributed by atoms with E-state index in [4.69, 9.17) is 4.74 Å². The molecule has 25 heavy (non-hydrogen) atoms. The lowest BCUT2D eigenvalue weighted by Gasteiger charge is -2.24. The number of carbonyl (C=O) groups excluding carboxylic acids is 1. The molecule has 1 aliphatic rings. The molecule has 0 N–H and O–H groups in total. The average Bonchev–Trinajstić information content (AvgIpc) is 3.03.